The van der Waals surface area contributed by atoms with Crippen LogP contribution in [-0.4, -0.2) is 10.6 Å². The molecule has 0 saturated heterocycles. The molecule has 1 rings (SSSR count). The van der Waals surface area contributed by atoms with Crippen molar-refractivity contribution in [1.82, 2.24) is 0 Å². The number of thioether (sulfide) groups is 1. The van der Waals surface area contributed by atoms with E-state index in [0.29, 0.717) is 0 Å². The quantitative estimate of drug-likeness (QED) is 0.631. The summed E-state index contributed by atoms with van der Waals surface area (Å²) in [6.45, 7) is 0. The standard InChI is InChI=1S/C9H6F3NOS/c10-9(11,12)15-7-3-1-6(2-4-7)8(14)5-13/h1-4,8,14H. The van der Waals surface area contributed by atoms with E-state index >= 15 is 0 Å². The van der Waals surface area contributed by atoms with Crippen molar-refractivity contribution in [3.63, 3.8) is 0 Å². The summed E-state index contributed by atoms with van der Waals surface area (Å²) >= 11 is -0.236. The fourth-order valence-electron chi connectivity index (χ4n) is 0.926. The van der Waals surface area contributed by atoms with Gasteiger partial charge >= 0.3 is 5.51 Å². The molecule has 0 aliphatic carbocycles. The van der Waals surface area contributed by atoms with Gasteiger partial charge in [0.2, 0.25) is 0 Å². The number of aliphatic hydroxyl groups excluding tert-OH is 1. The monoisotopic (exact) mass is 233 g/mol. The molecule has 15 heavy (non-hydrogen) atoms. The summed E-state index contributed by atoms with van der Waals surface area (Å²) in [6, 6.07) is 6.60. The molecule has 0 aromatic heterocycles. The Labute approximate surface area is 88.3 Å². The van der Waals surface area contributed by atoms with Gasteiger partial charge in [0.25, 0.3) is 0 Å². The molecule has 0 fully saturated rings. The molecule has 0 heterocycles. The van der Waals surface area contributed by atoms with E-state index in [1.54, 1.807) is 6.07 Å². The average molecular weight is 233 g/mol. The number of nitrogens with zero attached hydrogens (tertiary/aromatic N) is 1. The molecule has 0 bridgehead atoms. The van der Waals surface area contributed by atoms with Gasteiger partial charge < -0.3 is 5.11 Å². The maximum atomic E-state index is 11.9. The molecule has 0 saturated carbocycles. The van der Waals surface area contributed by atoms with Gasteiger partial charge in [0, 0.05) is 4.90 Å². The zero-order valence-corrected chi connectivity index (χ0v) is 8.14. The molecule has 1 atom stereocenters. The number of hydrogen-bond donors (Lipinski definition) is 1. The highest BCUT2D eigenvalue weighted by Gasteiger charge is 2.29. The van der Waals surface area contributed by atoms with Crippen LogP contribution >= 0.6 is 11.8 Å². The van der Waals surface area contributed by atoms with Crippen molar-refractivity contribution in [2.24, 2.45) is 0 Å². The van der Waals surface area contributed by atoms with E-state index in [4.69, 9.17) is 10.4 Å². The SMILES string of the molecule is N#CC(O)c1ccc(SC(F)(F)F)cc1. The minimum atomic E-state index is -4.32. The van der Waals surface area contributed by atoms with Crippen molar-refractivity contribution in [2.75, 3.05) is 0 Å². The lowest BCUT2D eigenvalue weighted by molar-refractivity contribution is -0.0328. The summed E-state index contributed by atoms with van der Waals surface area (Å²) in [6.07, 6.45) is -1.30. The summed E-state index contributed by atoms with van der Waals surface area (Å²) in [5.41, 5.74) is -4.04. The summed E-state index contributed by atoms with van der Waals surface area (Å²) in [5, 5.41) is 17.4. The van der Waals surface area contributed by atoms with Crippen LogP contribution in [-0.2, 0) is 0 Å². The number of hydrogen-bond acceptors (Lipinski definition) is 3. The highest BCUT2D eigenvalue weighted by atomic mass is 32.2. The van der Waals surface area contributed by atoms with Crippen molar-refractivity contribution in [3.05, 3.63) is 29.8 Å². The van der Waals surface area contributed by atoms with E-state index in [1.165, 1.54) is 24.3 Å². The van der Waals surface area contributed by atoms with Crippen LogP contribution in [0.2, 0.25) is 0 Å². The molecule has 0 aliphatic heterocycles. The van der Waals surface area contributed by atoms with Gasteiger partial charge in [-0.25, -0.2) is 0 Å². The molecule has 0 spiro atoms. The van der Waals surface area contributed by atoms with Gasteiger partial charge in [0.1, 0.15) is 0 Å². The fraction of sp³-hybridized carbons (Fsp3) is 0.222. The van der Waals surface area contributed by atoms with Crippen LogP contribution in [0.25, 0.3) is 0 Å². The van der Waals surface area contributed by atoms with Gasteiger partial charge in [-0.1, -0.05) is 12.1 Å². The number of benzene rings is 1. The van der Waals surface area contributed by atoms with Gasteiger partial charge in [-0.15, -0.1) is 0 Å². The van der Waals surface area contributed by atoms with Crippen molar-refractivity contribution in [2.45, 2.75) is 16.5 Å². The van der Waals surface area contributed by atoms with Crippen LogP contribution in [0.1, 0.15) is 11.7 Å². The van der Waals surface area contributed by atoms with Crippen LogP contribution in [0.5, 0.6) is 0 Å². The van der Waals surface area contributed by atoms with Crippen LogP contribution in [0, 0.1) is 11.3 Å². The first-order valence-corrected chi connectivity index (χ1v) is 4.67. The van der Waals surface area contributed by atoms with E-state index in [9.17, 15) is 13.2 Å². The van der Waals surface area contributed by atoms with E-state index < -0.39 is 11.6 Å². The Balaban J connectivity index is 2.78. The van der Waals surface area contributed by atoms with Crippen molar-refractivity contribution in [3.8, 4) is 6.07 Å². The first kappa shape index (κ1) is 11.9. The predicted octanol–water partition coefficient (Wildman–Crippen LogP) is 2.86. The third kappa shape index (κ3) is 3.81. The van der Waals surface area contributed by atoms with Gasteiger partial charge in [0.15, 0.2) is 6.10 Å². The lowest BCUT2D eigenvalue weighted by atomic mass is 10.1. The molecule has 2 nitrogen and oxygen atoms in total. The third-order valence-electron chi connectivity index (χ3n) is 1.55. The maximum absolute atomic E-state index is 11.9. The molecule has 0 radical (unpaired) electrons. The van der Waals surface area contributed by atoms with E-state index in [2.05, 4.69) is 0 Å². The Hall–Kier alpha value is -1.19. The second-order valence-corrected chi connectivity index (χ2v) is 3.79. The highest BCUT2D eigenvalue weighted by molar-refractivity contribution is 8.00. The first-order chi connectivity index (χ1) is 6.92. The molecule has 1 aromatic carbocycles. The Morgan fingerprint density at radius 1 is 1.27 bits per heavy atom. The Bertz CT molecular complexity index is 368. The molecule has 1 aromatic rings. The van der Waals surface area contributed by atoms with Gasteiger partial charge in [-0.05, 0) is 29.5 Å². The summed E-state index contributed by atoms with van der Waals surface area (Å²) in [4.78, 5) is 0.0244. The van der Waals surface area contributed by atoms with Gasteiger partial charge in [-0.2, -0.15) is 18.4 Å². The van der Waals surface area contributed by atoms with Crippen LogP contribution in [0.3, 0.4) is 0 Å². The molecular formula is C9H6F3NOS. The molecule has 80 valence electrons. The predicted molar refractivity (Wildman–Crippen MR) is 48.9 cm³/mol. The maximum Gasteiger partial charge on any atom is 0.446 e. The highest BCUT2D eigenvalue weighted by Crippen LogP contribution is 2.36. The second kappa shape index (κ2) is 4.55. The molecular weight excluding hydrogens is 227 g/mol. The van der Waals surface area contributed by atoms with Crippen molar-refractivity contribution >= 4 is 11.8 Å². The van der Waals surface area contributed by atoms with E-state index in [-0.39, 0.29) is 22.2 Å². The lowest BCUT2D eigenvalue weighted by Gasteiger charge is -2.06. The average Bonchev–Trinajstić information content (AvgIpc) is 2.15. The molecule has 0 amide bonds. The zero-order chi connectivity index (χ0) is 11.5. The van der Waals surface area contributed by atoms with Crippen molar-refractivity contribution < 1.29 is 18.3 Å². The van der Waals surface area contributed by atoms with E-state index in [1.807, 2.05) is 0 Å². The largest absolute Gasteiger partial charge is 0.446 e. The summed E-state index contributed by atoms with van der Waals surface area (Å²) in [5.74, 6) is 0. The molecule has 0 aliphatic rings. The Morgan fingerprint density at radius 3 is 2.20 bits per heavy atom. The van der Waals surface area contributed by atoms with Gasteiger partial charge in [-0.3, -0.25) is 0 Å². The zero-order valence-electron chi connectivity index (χ0n) is 7.32. The number of nitriles is 1. The molecule has 6 heteroatoms. The molecule has 1 unspecified atom stereocenters. The summed E-state index contributed by atoms with van der Waals surface area (Å²) in [7, 11) is 0. The van der Waals surface area contributed by atoms with Crippen LogP contribution in [0.4, 0.5) is 13.2 Å². The third-order valence-corrected chi connectivity index (χ3v) is 2.29. The number of halogens is 3. The second-order valence-electron chi connectivity index (χ2n) is 2.65. The minimum absolute atomic E-state index is 0.0244. The van der Waals surface area contributed by atoms with Crippen molar-refractivity contribution in [1.29, 1.82) is 5.26 Å². The Kier molecular flexibility index (Phi) is 3.61. The van der Waals surface area contributed by atoms with Gasteiger partial charge in [0.05, 0.1) is 6.07 Å². The number of rotatable bonds is 2. The summed E-state index contributed by atoms with van der Waals surface area (Å²) < 4.78 is 35.8. The fourth-order valence-corrected chi connectivity index (χ4v) is 1.47. The van der Waals surface area contributed by atoms with E-state index in [0.717, 1.165) is 0 Å². The van der Waals surface area contributed by atoms with Crippen LogP contribution < -0.4 is 0 Å². The minimum Gasteiger partial charge on any atom is -0.374 e. The normalized spacial score (nSPS) is 13.3. The smallest absolute Gasteiger partial charge is 0.374 e. The number of alkyl halides is 3. The van der Waals surface area contributed by atoms with Crippen LogP contribution in [0.15, 0.2) is 29.2 Å². The molecule has 1 N–H and O–H groups in total. The Morgan fingerprint density at radius 2 is 1.80 bits per heavy atom. The topological polar surface area (TPSA) is 44.0 Å². The first-order valence-electron chi connectivity index (χ1n) is 3.86. The number of aliphatic hydroxyl groups is 1. The lowest BCUT2D eigenvalue weighted by Crippen LogP contribution is -1.99.